The molecule has 7 aromatic carbocycles. The second-order valence-electron chi connectivity index (χ2n) is 16.3. The number of para-hydroxylation sites is 2. The number of aryl methyl sites for hydroxylation is 6. The van der Waals surface area contributed by atoms with Crippen molar-refractivity contribution in [2.75, 3.05) is 0 Å². The third-order valence-electron chi connectivity index (χ3n) is 12.5. The van der Waals surface area contributed by atoms with Crippen LogP contribution in [0.15, 0.2) is 128 Å². The van der Waals surface area contributed by atoms with Crippen molar-refractivity contribution in [3.8, 4) is 22.3 Å². The summed E-state index contributed by atoms with van der Waals surface area (Å²) in [5.74, 6) is 0. The summed E-state index contributed by atoms with van der Waals surface area (Å²) in [4.78, 5) is 58.0. The summed E-state index contributed by atoms with van der Waals surface area (Å²) in [7, 11) is 0. The highest BCUT2D eigenvalue weighted by Crippen LogP contribution is 2.36. The van der Waals surface area contributed by atoms with Gasteiger partial charge in [-0.2, -0.15) is 0 Å². The zero-order valence-corrected chi connectivity index (χ0v) is 32.9. The molecule has 0 radical (unpaired) electrons. The fourth-order valence-electron chi connectivity index (χ4n) is 10.3. The summed E-state index contributed by atoms with van der Waals surface area (Å²) < 4.78 is 4.04. The molecular weight excluding hydrogens is 717 g/mol. The summed E-state index contributed by atoms with van der Waals surface area (Å²) in [6.45, 7) is 12.5. The van der Waals surface area contributed by atoms with E-state index in [0.717, 1.165) is 44.5 Å². The first kappa shape index (κ1) is 34.1. The van der Waals surface area contributed by atoms with Gasteiger partial charge in [-0.3, -0.25) is 19.2 Å². The van der Waals surface area contributed by atoms with E-state index in [2.05, 4.69) is 65.8 Å². The van der Waals surface area contributed by atoms with E-state index in [-0.39, 0.29) is 21.7 Å². The maximum Gasteiger partial charge on any atom is 0.197 e. The SMILES string of the molecule is Cc1cc(C)c(-c2ccc3c(c2)c(=O)c2cccc4c(=O)c5cc6c(=O)c7cccc8c(=O)c9cc(-c%10c(C)cc(C)cc%10C)ccc9n(c6cc5n3c24)c87)c(C)c1. The lowest BCUT2D eigenvalue weighted by atomic mass is 9.92. The van der Waals surface area contributed by atoms with Gasteiger partial charge >= 0.3 is 0 Å². The topological polar surface area (TPSA) is 77.1 Å². The van der Waals surface area contributed by atoms with Gasteiger partial charge in [0.25, 0.3) is 0 Å². The van der Waals surface area contributed by atoms with Gasteiger partial charge < -0.3 is 8.80 Å². The number of aromatic nitrogens is 2. The van der Waals surface area contributed by atoms with E-state index in [4.69, 9.17) is 0 Å². The molecule has 0 bridgehead atoms. The number of hydrogen-bond donors (Lipinski definition) is 0. The Kier molecular flexibility index (Phi) is 6.87. The van der Waals surface area contributed by atoms with Crippen molar-refractivity contribution >= 4 is 76.2 Å². The fraction of sp³-hybridized carbons (Fsp3) is 0.115. The van der Waals surface area contributed by atoms with E-state index in [1.54, 1.807) is 42.5 Å². The standard InChI is InChI=1S/C52H36N2O4/c1-25-17-27(3)45(28(4)18-25)31-13-15-41-37(21-31)49(55)33-9-7-11-35-47(33)53(41)43-24-44-40(23-39(43)51(35)57)52(58)36-12-8-10-34-48(36)54(44)42-16-14-32(22-38(42)50(34)56)46-29(5)19-26(2)20-30(46)6/h7-24H,1-6H3. The largest absolute Gasteiger partial charge is 0.307 e. The summed E-state index contributed by atoms with van der Waals surface area (Å²) in [5, 5.41) is 3.53. The van der Waals surface area contributed by atoms with Crippen LogP contribution in [0.4, 0.5) is 0 Å². The van der Waals surface area contributed by atoms with Crippen LogP contribution in [0.2, 0.25) is 0 Å². The lowest BCUT2D eigenvalue weighted by Crippen LogP contribution is -2.17. The number of nitrogens with zero attached hydrogens (tertiary/aromatic N) is 2. The Balaban J connectivity index is 1.33. The monoisotopic (exact) mass is 752 g/mol. The molecule has 0 spiro atoms. The van der Waals surface area contributed by atoms with Gasteiger partial charge in [-0.1, -0.05) is 59.7 Å². The number of hydrogen-bond acceptors (Lipinski definition) is 4. The molecule has 0 saturated heterocycles. The van der Waals surface area contributed by atoms with Gasteiger partial charge in [0.15, 0.2) is 21.7 Å². The zero-order chi connectivity index (χ0) is 40.0. The fourth-order valence-corrected chi connectivity index (χ4v) is 10.3. The minimum absolute atomic E-state index is 0.145. The van der Waals surface area contributed by atoms with Gasteiger partial charge in [0.1, 0.15) is 0 Å². The Morgan fingerprint density at radius 3 is 1.00 bits per heavy atom. The quantitative estimate of drug-likeness (QED) is 0.130. The highest BCUT2D eigenvalue weighted by molar-refractivity contribution is 6.13. The molecule has 0 atom stereocenters. The van der Waals surface area contributed by atoms with E-state index in [1.807, 2.05) is 51.3 Å². The molecule has 278 valence electrons. The maximum atomic E-state index is 14.5. The van der Waals surface area contributed by atoms with Gasteiger partial charge in [-0.25, -0.2) is 0 Å². The molecule has 0 amide bonds. The van der Waals surface area contributed by atoms with E-state index in [0.29, 0.717) is 76.2 Å². The van der Waals surface area contributed by atoms with Crippen molar-refractivity contribution in [2.45, 2.75) is 41.5 Å². The van der Waals surface area contributed by atoms with Crippen molar-refractivity contribution in [3.63, 3.8) is 0 Å². The lowest BCUT2D eigenvalue weighted by Gasteiger charge is -2.19. The summed E-state index contributed by atoms with van der Waals surface area (Å²) in [6, 6.07) is 34.8. The summed E-state index contributed by atoms with van der Waals surface area (Å²) in [6.07, 6.45) is 0. The Morgan fingerprint density at radius 2 is 0.655 bits per heavy atom. The van der Waals surface area contributed by atoms with Gasteiger partial charge in [-0.15, -0.1) is 0 Å². The van der Waals surface area contributed by atoms with Crippen LogP contribution in [0.25, 0.3) is 98.4 Å². The molecule has 58 heavy (non-hydrogen) atoms. The van der Waals surface area contributed by atoms with Crippen LogP contribution >= 0.6 is 0 Å². The molecule has 0 N–H and O–H groups in total. The van der Waals surface area contributed by atoms with Crippen LogP contribution in [0.5, 0.6) is 0 Å². The normalized spacial score (nSPS) is 12.2. The van der Waals surface area contributed by atoms with Crippen molar-refractivity contribution in [1.82, 2.24) is 8.80 Å². The van der Waals surface area contributed by atoms with E-state index in [1.165, 1.54) is 11.1 Å². The van der Waals surface area contributed by atoms with Crippen molar-refractivity contribution in [1.29, 1.82) is 0 Å². The number of benzene rings is 7. The first-order valence-corrected chi connectivity index (χ1v) is 19.6. The van der Waals surface area contributed by atoms with Crippen LogP contribution < -0.4 is 21.7 Å². The summed E-state index contributed by atoms with van der Waals surface area (Å²) in [5.41, 5.74) is 13.7. The molecule has 0 aliphatic carbocycles. The van der Waals surface area contributed by atoms with Gasteiger partial charge in [0.2, 0.25) is 0 Å². The van der Waals surface area contributed by atoms with Crippen molar-refractivity contribution in [3.05, 3.63) is 183 Å². The maximum absolute atomic E-state index is 14.5. The summed E-state index contributed by atoms with van der Waals surface area (Å²) >= 11 is 0. The molecule has 6 nitrogen and oxygen atoms in total. The predicted octanol–water partition coefficient (Wildman–Crippen LogP) is 10.6. The first-order chi connectivity index (χ1) is 27.9. The highest BCUT2D eigenvalue weighted by atomic mass is 16.1. The smallest absolute Gasteiger partial charge is 0.197 e. The molecule has 4 heterocycles. The minimum Gasteiger partial charge on any atom is -0.307 e. The third-order valence-corrected chi connectivity index (χ3v) is 12.5. The van der Waals surface area contributed by atoms with E-state index in [9.17, 15) is 19.2 Å². The lowest BCUT2D eigenvalue weighted by molar-refractivity contribution is 1.28. The van der Waals surface area contributed by atoms with Crippen LogP contribution in [-0.4, -0.2) is 8.80 Å². The molecule has 11 rings (SSSR count). The van der Waals surface area contributed by atoms with Crippen molar-refractivity contribution < 1.29 is 0 Å². The van der Waals surface area contributed by atoms with Gasteiger partial charge in [0.05, 0.1) is 33.1 Å². The van der Waals surface area contributed by atoms with Gasteiger partial charge in [0, 0.05) is 43.1 Å². The van der Waals surface area contributed by atoms with Crippen molar-refractivity contribution in [2.24, 2.45) is 0 Å². The predicted molar refractivity (Wildman–Crippen MR) is 240 cm³/mol. The van der Waals surface area contributed by atoms with Crippen LogP contribution in [0, 0.1) is 41.5 Å². The first-order valence-electron chi connectivity index (χ1n) is 19.6. The Labute approximate surface area is 331 Å². The second-order valence-corrected chi connectivity index (χ2v) is 16.3. The third kappa shape index (κ3) is 4.43. The van der Waals surface area contributed by atoms with Crippen LogP contribution in [-0.2, 0) is 0 Å². The Bertz CT molecular complexity index is 3650. The molecular formula is C52H36N2O4. The molecule has 0 fully saturated rings. The highest BCUT2D eigenvalue weighted by Gasteiger charge is 2.23. The Hall–Kier alpha value is -7.18. The molecule has 4 aromatic heterocycles. The average molecular weight is 753 g/mol. The molecule has 11 aromatic rings. The van der Waals surface area contributed by atoms with Crippen LogP contribution in [0.1, 0.15) is 33.4 Å². The number of fused-ring (bicyclic) bond motifs is 8. The minimum atomic E-state index is -0.250. The molecule has 0 aliphatic rings. The molecule has 0 aliphatic heterocycles. The molecule has 6 heteroatoms. The second kappa shape index (κ2) is 11.7. The van der Waals surface area contributed by atoms with Crippen LogP contribution in [0.3, 0.4) is 0 Å². The zero-order valence-electron chi connectivity index (χ0n) is 32.9. The van der Waals surface area contributed by atoms with E-state index < -0.39 is 0 Å². The Morgan fingerprint density at radius 1 is 0.328 bits per heavy atom. The van der Waals surface area contributed by atoms with Gasteiger partial charge in [-0.05, 0) is 147 Å². The van der Waals surface area contributed by atoms with E-state index >= 15 is 0 Å². The number of pyridine rings is 4. The molecule has 0 saturated carbocycles. The molecule has 0 unspecified atom stereocenters. The number of rotatable bonds is 2. The average Bonchev–Trinajstić information content (AvgIpc) is 3.19.